The lowest BCUT2D eigenvalue weighted by atomic mass is 9.95. The van der Waals surface area contributed by atoms with Crippen LogP contribution in [0.15, 0.2) is 43.1 Å². The van der Waals surface area contributed by atoms with Crippen LogP contribution < -0.4 is 10.6 Å². The van der Waals surface area contributed by atoms with E-state index < -0.39 is 5.60 Å². The molecule has 6 nitrogen and oxygen atoms in total. The van der Waals surface area contributed by atoms with Crippen LogP contribution in [-0.2, 0) is 10.3 Å². The monoisotopic (exact) mass is 374 g/mol. The van der Waals surface area contributed by atoms with E-state index in [0.717, 1.165) is 39.0 Å². The molecule has 0 bridgehead atoms. The Morgan fingerprint density at radius 3 is 2.71 bits per heavy atom. The predicted octanol–water partition coefficient (Wildman–Crippen LogP) is 4.85. The molecule has 0 radical (unpaired) electrons. The fraction of sp³-hybridized carbons (Fsp3) is 0.227. The largest absolute Gasteiger partial charge is 0.451 e. The molecule has 28 heavy (non-hydrogen) atoms. The number of carbonyl (C=O) groups is 1. The van der Waals surface area contributed by atoms with Gasteiger partial charge in [0.25, 0.3) is 0 Å². The van der Waals surface area contributed by atoms with Crippen molar-refractivity contribution in [1.29, 1.82) is 0 Å². The highest BCUT2D eigenvalue weighted by molar-refractivity contribution is 5.98. The number of hydrogen-bond donors (Lipinski definition) is 2. The summed E-state index contributed by atoms with van der Waals surface area (Å²) in [6, 6.07) is 9.53. The third-order valence-electron chi connectivity index (χ3n) is 4.97. The van der Waals surface area contributed by atoms with Crippen molar-refractivity contribution in [3.8, 4) is 0 Å². The number of ether oxygens (including phenoxy) is 1. The number of cyclic esters (lactones) is 1. The van der Waals surface area contributed by atoms with Crippen LogP contribution in [0.25, 0.3) is 16.5 Å². The molecule has 3 aromatic rings. The van der Waals surface area contributed by atoms with Crippen molar-refractivity contribution < 1.29 is 9.53 Å². The number of benzene rings is 2. The topological polar surface area (TPSA) is 76.1 Å². The summed E-state index contributed by atoms with van der Waals surface area (Å²) in [7, 11) is 1.87. The predicted molar refractivity (Wildman–Crippen MR) is 112 cm³/mol. The van der Waals surface area contributed by atoms with Gasteiger partial charge in [0.15, 0.2) is 0 Å². The molecule has 0 amide bonds. The average molecular weight is 374 g/mol. The molecule has 2 aromatic carbocycles. The first-order valence-corrected chi connectivity index (χ1v) is 9.08. The third kappa shape index (κ3) is 2.87. The molecule has 0 aliphatic carbocycles. The van der Waals surface area contributed by atoms with Crippen molar-refractivity contribution in [3.05, 3.63) is 59.8 Å². The lowest BCUT2D eigenvalue weighted by Crippen LogP contribution is -2.16. The Kier molecular flexibility index (Phi) is 4.07. The van der Waals surface area contributed by atoms with Crippen molar-refractivity contribution >= 4 is 39.8 Å². The van der Waals surface area contributed by atoms with E-state index in [1.54, 1.807) is 12.3 Å². The van der Waals surface area contributed by atoms with Crippen molar-refractivity contribution in [1.82, 2.24) is 9.97 Å². The SMILES string of the molecule is C=C(C)c1ccc(NC)c2cnc(Nc3ccc4c(c3)C(C)(C)OC4=O)nc12. The Morgan fingerprint density at radius 2 is 2.00 bits per heavy atom. The summed E-state index contributed by atoms with van der Waals surface area (Å²) in [5, 5.41) is 7.35. The van der Waals surface area contributed by atoms with E-state index >= 15 is 0 Å². The van der Waals surface area contributed by atoms with E-state index in [-0.39, 0.29) is 5.97 Å². The van der Waals surface area contributed by atoms with Crippen molar-refractivity contribution in [2.75, 3.05) is 17.7 Å². The first-order valence-electron chi connectivity index (χ1n) is 9.08. The van der Waals surface area contributed by atoms with Gasteiger partial charge in [0.1, 0.15) is 5.60 Å². The summed E-state index contributed by atoms with van der Waals surface area (Å²) >= 11 is 0. The van der Waals surface area contributed by atoms with Crippen LogP contribution in [0.4, 0.5) is 17.3 Å². The van der Waals surface area contributed by atoms with E-state index in [1.807, 2.05) is 52.1 Å². The Morgan fingerprint density at radius 1 is 1.21 bits per heavy atom. The number of nitrogens with one attached hydrogen (secondary N) is 2. The summed E-state index contributed by atoms with van der Waals surface area (Å²) in [6.45, 7) is 9.78. The molecule has 6 heteroatoms. The molecular weight excluding hydrogens is 352 g/mol. The second-order valence-electron chi connectivity index (χ2n) is 7.43. The Hall–Kier alpha value is -3.41. The molecule has 0 spiro atoms. The fourth-order valence-corrected chi connectivity index (χ4v) is 3.51. The van der Waals surface area contributed by atoms with Gasteiger partial charge in [0, 0.05) is 41.1 Å². The number of hydrogen-bond acceptors (Lipinski definition) is 6. The lowest BCUT2D eigenvalue weighted by Gasteiger charge is -2.18. The van der Waals surface area contributed by atoms with Crippen LogP contribution in [-0.4, -0.2) is 23.0 Å². The Balaban J connectivity index is 1.76. The third-order valence-corrected chi connectivity index (χ3v) is 4.97. The lowest BCUT2D eigenvalue weighted by molar-refractivity contribution is 0.00955. The molecule has 0 fully saturated rings. The number of anilines is 3. The second-order valence-corrected chi connectivity index (χ2v) is 7.43. The second kappa shape index (κ2) is 6.34. The highest BCUT2D eigenvalue weighted by Gasteiger charge is 2.37. The van der Waals surface area contributed by atoms with Gasteiger partial charge in [-0.15, -0.1) is 0 Å². The van der Waals surface area contributed by atoms with Crippen LogP contribution in [0.3, 0.4) is 0 Å². The van der Waals surface area contributed by atoms with Gasteiger partial charge >= 0.3 is 5.97 Å². The summed E-state index contributed by atoms with van der Waals surface area (Å²) in [4.78, 5) is 21.2. The Labute approximate surface area is 163 Å². The van der Waals surface area contributed by atoms with Gasteiger partial charge in [0.2, 0.25) is 5.95 Å². The van der Waals surface area contributed by atoms with Gasteiger partial charge in [-0.3, -0.25) is 0 Å². The first kappa shape index (κ1) is 18.0. The van der Waals surface area contributed by atoms with Crippen LogP contribution in [0, 0.1) is 0 Å². The number of esters is 1. The molecule has 0 saturated carbocycles. The van der Waals surface area contributed by atoms with Gasteiger partial charge in [-0.05, 0) is 50.6 Å². The van der Waals surface area contributed by atoms with Gasteiger partial charge in [-0.1, -0.05) is 12.6 Å². The molecule has 0 saturated heterocycles. The molecular formula is C22H22N4O2. The molecule has 0 unspecified atom stereocenters. The zero-order valence-corrected chi connectivity index (χ0v) is 16.4. The van der Waals surface area contributed by atoms with Crippen molar-refractivity contribution in [2.45, 2.75) is 26.4 Å². The molecule has 4 rings (SSSR count). The van der Waals surface area contributed by atoms with E-state index in [1.165, 1.54) is 0 Å². The quantitative estimate of drug-likeness (QED) is 0.636. The fourth-order valence-electron chi connectivity index (χ4n) is 3.51. The van der Waals surface area contributed by atoms with E-state index in [0.29, 0.717) is 11.5 Å². The summed E-state index contributed by atoms with van der Waals surface area (Å²) in [5.74, 6) is 0.186. The molecule has 1 aromatic heterocycles. The average Bonchev–Trinajstić information content (AvgIpc) is 2.88. The van der Waals surface area contributed by atoms with Crippen LogP contribution in [0.5, 0.6) is 0 Å². The van der Waals surface area contributed by atoms with Gasteiger partial charge < -0.3 is 15.4 Å². The van der Waals surface area contributed by atoms with Crippen LogP contribution in [0.2, 0.25) is 0 Å². The molecule has 142 valence electrons. The molecule has 1 aliphatic heterocycles. The van der Waals surface area contributed by atoms with Crippen LogP contribution in [0.1, 0.15) is 42.3 Å². The summed E-state index contributed by atoms with van der Waals surface area (Å²) in [6.07, 6.45) is 1.80. The van der Waals surface area contributed by atoms with Crippen molar-refractivity contribution in [3.63, 3.8) is 0 Å². The van der Waals surface area contributed by atoms with E-state index in [4.69, 9.17) is 9.72 Å². The van der Waals surface area contributed by atoms with Gasteiger partial charge in [-0.2, -0.15) is 0 Å². The molecule has 2 heterocycles. The maximum absolute atomic E-state index is 12.0. The van der Waals surface area contributed by atoms with Gasteiger partial charge in [0.05, 0.1) is 11.1 Å². The molecule has 0 atom stereocenters. The number of carbonyl (C=O) groups excluding carboxylic acids is 1. The maximum Gasteiger partial charge on any atom is 0.339 e. The Bertz CT molecular complexity index is 1130. The number of fused-ring (bicyclic) bond motifs is 2. The smallest absolute Gasteiger partial charge is 0.339 e. The minimum atomic E-state index is -0.650. The van der Waals surface area contributed by atoms with E-state index in [2.05, 4.69) is 22.2 Å². The van der Waals surface area contributed by atoms with Crippen molar-refractivity contribution in [2.24, 2.45) is 0 Å². The van der Waals surface area contributed by atoms with Crippen LogP contribution >= 0.6 is 0 Å². The number of rotatable bonds is 4. The standard InChI is InChI=1S/C22H22N4O2/c1-12(2)14-8-9-18(23-5)16-11-24-21(26-19(14)16)25-13-6-7-15-17(10-13)22(3,4)28-20(15)27/h6-11,23H,1H2,2-5H3,(H,24,25,26). The zero-order valence-electron chi connectivity index (χ0n) is 16.4. The summed E-state index contributed by atoms with van der Waals surface area (Å²) < 4.78 is 5.43. The highest BCUT2D eigenvalue weighted by atomic mass is 16.6. The van der Waals surface area contributed by atoms with E-state index in [9.17, 15) is 4.79 Å². The minimum absolute atomic E-state index is 0.292. The zero-order chi connectivity index (χ0) is 20.1. The highest BCUT2D eigenvalue weighted by Crippen LogP contribution is 2.37. The maximum atomic E-state index is 12.0. The number of allylic oxidation sites excluding steroid dienone is 1. The first-order chi connectivity index (χ1) is 13.3. The van der Waals surface area contributed by atoms with Gasteiger partial charge in [-0.25, -0.2) is 14.8 Å². The number of aromatic nitrogens is 2. The molecule has 1 aliphatic rings. The summed E-state index contributed by atoms with van der Waals surface area (Å²) in [5.41, 5.74) is 5.30. The molecule has 2 N–H and O–H groups in total. The normalized spacial score (nSPS) is 14.5. The number of nitrogens with zero attached hydrogens (tertiary/aromatic N) is 2. The minimum Gasteiger partial charge on any atom is -0.451 e.